The molecule has 0 heterocycles. The predicted octanol–water partition coefficient (Wildman–Crippen LogP) is 3.22. The van der Waals surface area contributed by atoms with Crippen LogP contribution < -0.4 is 4.74 Å². The molecule has 0 bridgehead atoms. The second kappa shape index (κ2) is 4.56. The van der Waals surface area contributed by atoms with E-state index in [0.29, 0.717) is 12.1 Å². The predicted molar refractivity (Wildman–Crippen MR) is 45.0 cm³/mol. The van der Waals surface area contributed by atoms with Crippen molar-refractivity contribution in [3.8, 4) is 5.75 Å². The number of carboxylic acid groups (broad SMARTS) is 1. The van der Waals surface area contributed by atoms with Crippen molar-refractivity contribution in [3.05, 3.63) is 29.3 Å². The lowest BCUT2D eigenvalue weighted by Gasteiger charge is -2.12. The zero-order valence-corrected chi connectivity index (χ0v) is 7.96. The number of hydrogen-bond donors (Lipinski definition) is 1. The monoisotopic (exact) mass is 256 g/mol. The van der Waals surface area contributed by atoms with Gasteiger partial charge < -0.3 is 9.84 Å². The van der Waals surface area contributed by atoms with Crippen LogP contribution in [0.25, 0.3) is 0 Å². The van der Waals surface area contributed by atoms with E-state index in [-0.39, 0.29) is 0 Å². The fraction of sp³-hybridized carbons (Fsp3) is 0.222. The summed E-state index contributed by atoms with van der Waals surface area (Å²) in [5, 5.41) is 8.56. The lowest BCUT2D eigenvalue weighted by Crippen LogP contribution is -2.19. The molecule has 0 saturated carbocycles. The van der Waals surface area contributed by atoms with Crippen molar-refractivity contribution in [1.82, 2.24) is 0 Å². The molecule has 1 aromatic carbocycles. The number of carbonyl (C=O) groups is 1. The highest BCUT2D eigenvalue weighted by Gasteiger charge is 2.33. The Morgan fingerprint density at radius 2 is 1.88 bits per heavy atom. The molecule has 8 heteroatoms. The van der Waals surface area contributed by atoms with Crippen LogP contribution in [-0.2, 0) is 0 Å². The SMILES string of the molecule is O=C(O)c1ccc(C(F)F)cc1OC(F)(F)F. The highest BCUT2D eigenvalue weighted by atomic mass is 19.4. The van der Waals surface area contributed by atoms with Crippen molar-refractivity contribution in [2.45, 2.75) is 12.8 Å². The number of rotatable bonds is 3. The number of ether oxygens (including phenoxy) is 1. The van der Waals surface area contributed by atoms with Gasteiger partial charge in [0, 0.05) is 5.56 Å². The molecule has 3 nitrogen and oxygen atoms in total. The Morgan fingerprint density at radius 3 is 2.29 bits per heavy atom. The zero-order chi connectivity index (χ0) is 13.2. The topological polar surface area (TPSA) is 46.5 Å². The summed E-state index contributed by atoms with van der Waals surface area (Å²) < 4.78 is 63.6. The number of alkyl halides is 5. The van der Waals surface area contributed by atoms with Gasteiger partial charge in [-0.25, -0.2) is 13.6 Å². The number of hydrogen-bond acceptors (Lipinski definition) is 2. The maximum atomic E-state index is 12.2. The highest BCUT2D eigenvalue weighted by molar-refractivity contribution is 5.91. The van der Waals surface area contributed by atoms with Gasteiger partial charge in [-0.15, -0.1) is 13.2 Å². The van der Waals surface area contributed by atoms with Crippen molar-refractivity contribution >= 4 is 5.97 Å². The third kappa shape index (κ3) is 3.58. The normalized spacial score (nSPS) is 11.6. The molecule has 1 rings (SSSR count). The van der Waals surface area contributed by atoms with E-state index in [0.717, 1.165) is 6.07 Å². The van der Waals surface area contributed by atoms with E-state index >= 15 is 0 Å². The smallest absolute Gasteiger partial charge is 0.478 e. The van der Waals surface area contributed by atoms with Gasteiger partial charge in [-0.3, -0.25) is 0 Å². The molecule has 0 amide bonds. The van der Waals surface area contributed by atoms with Crippen molar-refractivity contribution in [1.29, 1.82) is 0 Å². The Hall–Kier alpha value is -1.86. The summed E-state index contributed by atoms with van der Waals surface area (Å²) in [5.41, 5.74) is -1.60. The lowest BCUT2D eigenvalue weighted by molar-refractivity contribution is -0.274. The molecule has 0 aliphatic rings. The number of carboxylic acids is 1. The molecule has 0 radical (unpaired) electrons. The van der Waals surface area contributed by atoms with Crippen LogP contribution in [0.15, 0.2) is 18.2 Å². The molecule has 0 spiro atoms. The van der Waals surface area contributed by atoms with Gasteiger partial charge in [0.2, 0.25) is 0 Å². The first-order valence-electron chi connectivity index (χ1n) is 4.12. The van der Waals surface area contributed by atoms with E-state index in [1.54, 1.807) is 0 Å². The Bertz CT molecular complexity index is 427. The summed E-state index contributed by atoms with van der Waals surface area (Å²) in [6.45, 7) is 0. The molecular formula is C9H5F5O3. The van der Waals surface area contributed by atoms with Crippen LogP contribution >= 0.6 is 0 Å². The minimum Gasteiger partial charge on any atom is -0.478 e. The minimum absolute atomic E-state index is 0.349. The quantitative estimate of drug-likeness (QED) is 0.844. The fourth-order valence-corrected chi connectivity index (χ4v) is 1.06. The molecule has 17 heavy (non-hydrogen) atoms. The zero-order valence-electron chi connectivity index (χ0n) is 7.96. The van der Waals surface area contributed by atoms with Crippen molar-refractivity contribution in [3.63, 3.8) is 0 Å². The van der Waals surface area contributed by atoms with Crippen LogP contribution in [0.5, 0.6) is 5.75 Å². The first-order chi connectivity index (χ1) is 7.70. The van der Waals surface area contributed by atoms with E-state index in [1.807, 2.05) is 0 Å². The van der Waals surface area contributed by atoms with Crippen LogP contribution in [0.2, 0.25) is 0 Å². The number of benzene rings is 1. The van der Waals surface area contributed by atoms with E-state index in [4.69, 9.17) is 5.11 Å². The van der Waals surface area contributed by atoms with E-state index in [9.17, 15) is 26.7 Å². The van der Waals surface area contributed by atoms with Crippen LogP contribution in [0.4, 0.5) is 22.0 Å². The lowest BCUT2D eigenvalue weighted by atomic mass is 10.1. The van der Waals surface area contributed by atoms with Crippen LogP contribution in [0, 0.1) is 0 Å². The highest BCUT2D eigenvalue weighted by Crippen LogP contribution is 2.30. The summed E-state index contributed by atoms with van der Waals surface area (Å²) in [6.07, 6.45) is -8.17. The Morgan fingerprint density at radius 1 is 1.29 bits per heavy atom. The Labute approximate surface area is 91.4 Å². The maximum absolute atomic E-state index is 12.2. The van der Waals surface area contributed by atoms with E-state index < -0.39 is 35.6 Å². The summed E-state index contributed by atoms with van der Waals surface area (Å²) in [6, 6.07) is 1.70. The standard InChI is InChI=1S/C9H5F5O3/c10-7(11)4-1-2-5(8(15)16)6(3-4)17-9(12,13)14/h1-3,7H,(H,15,16). The fourth-order valence-electron chi connectivity index (χ4n) is 1.06. The first kappa shape index (κ1) is 13.2. The van der Waals surface area contributed by atoms with Gasteiger partial charge in [-0.05, 0) is 12.1 Å². The van der Waals surface area contributed by atoms with Gasteiger partial charge in [0.1, 0.15) is 11.3 Å². The Kier molecular flexibility index (Phi) is 3.54. The molecular weight excluding hydrogens is 251 g/mol. The van der Waals surface area contributed by atoms with Crippen molar-refractivity contribution in [2.75, 3.05) is 0 Å². The molecule has 0 aliphatic carbocycles. The van der Waals surface area contributed by atoms with Gasteiger partial charge in [0.15, 0.2) is 0 Å². The largest absolute Gasteiger partial charge is 0.573 e. The maximum Gasteiger partial charge on any atom is 0.573 e. The van der Waals surface area contributed by atoms with E-state index in [1.165, 1.54) is 0 Å². The molecule has 0 fully saturated rings. The molecule has 0 saturated heterocycles. The molecule has 1 N–H and O–H groups in total. The molecule has 94 valence electrons. The first-order valence-corrected chi connectivity index (χ1v) is 4.12. The third-order valence-electron chi connectivity index (χ3n) is 1.71. The van der Waals surface area contributed by atoms with Crippen molar-refractivity contribution < 1.29 is 36.6 Å². The summed E-state index contributed by atoms with van der Waals surface area (Å²) in [4.78, 5) is 10.6. The van der Waals surface area contributed by atoms with Gasteiger partial charge in [-0.2, -0.15) is 0 Å². The summed E-state index contributed by atoms with van der Waals surface area (Å²) in [5.74, 6) is -2.87. The van der Waals surface area contributed by atoms with Gasteiger partial charge in [0.25, 0.3) is 6.43 Å². The molecule has 0 aliphatic heterocycles. The second-order valence-electron chi connectivity index (χ2n) is 2.91. The van der Waals surface area contributed by atoms with Crippen LogP contribution in [0.1, 0.15) is 22.3 Å². The molecule has 1 aromatic rings. The molecule has 0 aromatic heterocycles. The van der Waals surface area contributed by atoms with Crippen LogP contribution in [0.3, 0.4) is 0 Å². The van der Waals surface area contributed by atoms with Gasteiger partial charge in [0.05, 0.1) is 0 Å². The Balaban J connectivity index is 3.21. The van der Waals surface area contributed by atoms with E-state index in [2.05, 4.69) is 4.74 Å². The van der Waals surface area contributed by atoms with Crippen LogP contribution in [-0.4, -0.2) is 17.4 Å². The average molecular weight is 256 g/mol. The molecule has 0 unspecified atom stereocenters. The number of halogens is 5. The summed E-state index contributed by atoms with van der Waals surface area (Å²) in [7, 11) is 0. The number of aromatic carboxylic acids is 1. The third-order valence-corrected chi connectivity index (χ3v) is 1.71. The van der Waals surface area contributed by atoms with Gasteiger partial charge >= 0.3 is 12.3 Å². The average Bonchev–Trinajstić information content (AvgIpc) is 2.14. The molecule has 0 atom stereocenters. The summed E-state index contributed by atoms with van der Waals surface area (Å²) >= 11 is 0. The van der Waals surface area contributed by atoms with Crippen molar-refractivity contribution in [2.24, 2.45) is 0 Å². The van der Waals surface area contributed by atoms with Gasteiger partial charge in [-0.1, -0.05) is 6.07 Å². The minimum atomic E-state index is -5.15. The second-order valence-corrected chi connectivity index (χ2v) is 2.91.